The Morgan fingerprint density at radius 3 is 2.93 bits per heavy atom. The van der Waals surface area contributed by atoms with Gasteiger partial charge in [0.1, 0.15) is 0 Å². The van der Waals surface area contributed by atoms with Crippen LogP contribution >= 0.6 is 0 Å². The first kappa shape index (κ1) is 11.2. The molecule has 14 heavy (non-hydrogen) atoms. The molecular formula is C11H21N3. The van der Waals surface area contributed by atoms with Crippen molar-refractivity contribution in [2.45, 2.75) is 26.7 Å². The van der Waals surface area contributed by atoms with Crippen LogP contribution in [0.2, 0.25) is 0 Å². The summed E-state index contributed by atoms with van der Waals surface area (Å²) in [6.07, 6.45) is 4.27. The van der Waals surface area contributed by atoms with Gasteiger partial charge in [-0.05, 0) is 37.9 Å². The molecule has 1 N–H and O–H groups in total. The molecule has 0 aliphatic carbocycles. The molecule has 1 aromatic heterocycles. The highest BCUT2D eigenvalue weighted by molar-refractivity contribution is 4.99. The second-order valence-electron chi connectivity index (χ2n) is 3.99. The van der Waals surface area contributed by atoms with Gasteiger partial charge >= 0.3 is 0 Å². The summed E-state index contributed by atoms with van der Waals surface area (Å²) >= 11 is 0. The van der Waals surface area contributed by atoms with Crippen LogP contribution in [0, 0.1) is 5.92 Å². The predicted octanol–water partition coefficient (Wildman–Crippen LogP) is 1.60. The molecule has 0 spiro atoms. The van der Waals surface area contributed by atoms with Gasteiger partial charge in [0.25, 0.3) is 0 Å². The Morgan fingerprint density at radius 1 is 1.57 bits per heavy atom. The Bertz CT molecular complexity index is 255. The number of aromatic nitrogens is 2. The first-order chi connectivity index (χ1) is 6.72. The van der Waals surface area contributed by atoms with Gasteiger partial charge in [-0.3, -0.25) is 4.68 Å². The van der Waals surface area contributed by atoms with Crippen molar-refractivity contribution in [3.63, 3.8) is 0 Å². The second-order valence-corrected chi connectivity index (χ2v) is 3.99. The van der Waals surface area contributed by atoms with Crippen molar-refractivity contribution in [3.05, 3.63) is 18.0 Å². The van der Waals surface area contributed by atoms with Crippen LogP contribution in [0.4, 0.5) is 0 Å². The van der Waals surface area contributed by atoms with E-state index >= 15 is 0 Å². The molecule has 1 unspecified atom stereocenters. The van der Waals surface area contributed by atoms with Crippen molar-refractivity contribution in [2.24, 2.45) is 13.0 Å². The van der Waals surface area contributed by atoms with Gasteiger partial charge in [-0.15, -0.1) is 0 Å². The molecule has 1 aromatic rings. The van der Waals surface area contributed by atoms with E-state index in [4.69, 9.17) is 0 Å². The Hall–Kier alpha value is -0.830. The highest BCUT2D eigenvalue weighted by atomic mass is 15.2. The van der Waals surface area contributed by atoms with Crippen LogP contribution in [0.3, 0.4) is 0 Å². The molecule has 1 heterocycles. The Kier molecular flexibility index (Phi) is 4.66. The lowest BCUT2D eigenvalue weighted by molar-refractivity contribution is 0.503. The molecular weight excluding hydrogens is 174 g/mol. The number of nitrogens with one attached hydrogen (secondary N) is 1. The smallest absolute Gasteiger partial charge is 0.0627 e. The van der Waals surface area contributed by atoms with E-state index in [0.717, 1.165) is 19.5 Å². The summed E-state index contributed by atoms with van der Waals surface area (Å²) in [4.78, 5) is 0. The molecule has 0 aliphatic heterocycles. The van der Waals surface area contributed by atoms with E-state index in [1.165, 1.54) is 12.1 Å². The van der Waals surface area contributed by atoms with Gasteiger partial charge in [-0.25, -0.2) is 0 Å². The van der Waals surface area contributed by atoms with Crippen LogP contribution in [-0.4, -0.2) is 22.9 Å². The SMILES string of the molecule is CCCNCC(C)Cc1ccn(C)n1. The molecule has 0 saturated carbocycles. The van der Waals surface area contributed by atoms with E-state index in [0.29, 0.717) is 5.92 Å². The quantitative estimate of drug-likeness (QED) is 0.699. The zero-order valence-electron chi connectivity index (χ0n) is 9.45. The normalized spacial score (nSPS) is 13.1. The highest BCUT2D eigenvalue weighted by Crippen LogP contribution is 2.04. The number of rotatable bonds is 6. The summed E-state index contributed by atoms with van der Waals surface area (Å²) in [5.41, 5.74) is 1.19. The fraction of sp³-hybridized carbons (Fsp3) is 0.727. The highest BCUT2D eigenvalue weighted by Gasteiger charge is 2.04. The van der Waals surface area contributed by atoms with Gasteiger partial charge in [0.05, 0.1) is 5.69 Å². The summed E-state index contributed by atoms with van der Waals surface area (Å²) < 4.78 is 1.86. The molecule has 0 aliphatic rings. The number of nitrogens with zero attached hydrogens (tertiary/aromatic N) is 2. The maximum absolute atomic E-state index is 4.37. The number of hydrogen-bond donors (Lipinski definition) is 1. The monoisotopic (exact) mass is 195 g/mol. The lowest BCUT2D eigenvalue weighted by Gasteiger charge is -2.10. The van der Waals surface area contributed by atoms with E-state index in [1.54, 1.807) is 0 Å². The number of hydrogen-bond acceptors (Lipinski definition) is 2. The van der Waals surface area contributed by atoms with Crippen molar-refractivity contribution >= 4 is 0 Å². The van der Waals surface area contributed by atoms with Gasteiger partial charge < -0.3 is 5.32 Å². The fourth-order valence-electron chi connectivity index (χ4n) is 1.53. The summed E-state index contributed by atoms with van der Waals surface area (Å²) in [6.45, 7) is 6.66. The van der Waals surface area contributed by atoms with Crippen molar-refractivity contribution in [2.75, 3.05) is 13.1 Å². The third-order valence-corrected chi connectivity index (χ3v) is 2.25. The van der Waals surface area contributed by atoms with E-state index < -0.39 is 0 Å². The standard InChI is InChI=1S/C11H21N3/c1-4-6-12-9-10(2)8-11-5-7-14(3)13-11/h5,7,10,12H,4,6,8-9H2,1-3H3. The van der Waals surface area contributed by atoms with Crippen molar-refractivity contribution in [3.8, 4) is 0 Å². The first-order valence-corrected chi connectivity index (χ1v) is 5.41. The van der Waals surface area contributed by atoms with Crippen molar-refractivity contribution in [1.82, 2.24) is 15.1 Å². The lowest BCUT2D eigenvalue weighted by Crippen LogP contribution is -2.23. The molecule has 80 valence electrons. The van der Waals surface area contributed by atoms with Crippen LogP contribution in [0.5, 0.6) is 0 Å². The molecule has 0 fully saturated rings. The van der Waals surface area contributed by atoms with Gasteiger partial charge in [-0.2, -0.15) is 5.10 Å². The van der Waals surface area contributed by atoms with Crippen LogP contribution in [0.15, 0.2) is 12.3 Å². The average Bonchev–Trinajstić information content (AvgIpc) is 2.52. The second kappa shape index (κ2) is 5.81. The minimum Gasteiger partial charge on any atom is -0.316 e. The fourth-order valence-corrected chi connectivity index (χ4v) is 1.53. The molecule has 0 radical (unpaired) electrons. The molecule has 0 aromatic carbocycles. The van der Waals surface area contributed by atoms with Gasteiger partial charge in [0, 0.05) is 13.2 Å². The van der Waals surface area contributed by atoms with E-state index in [9.17, 15) is 0 Å². The first-order valence-electron chi connectivity index (χ1n) is 5.41. The minimum atomic E-state index is 0.663. The third kappa shape index (κ3) is 3.92. The Morgan fingerprint density at radius 2 is 2.36 bits per heavy atom. The lowest BCUT2D eigenvalue weighted by atomic mass is 10.1. The predicted molar refractivity (Wildman–Crippen MR) is 59.2 cm³/mol. The number of aryl methyl sites for hydroxylation is 1. The zero-order chi connectivity index (χ0) is 10.4. The molecule has 3 nitrogen and oxygen atoms in total. The average molecular weight is 195 g/mol. The largest absolute Gasteiger partial charge is 0.316 e. The third-order valence-electron chi connectivity index (χ3n) is 2.25. The molecule has 3 heteroatoms. The minimum absolute atomic E-state index is 0.663. The summed E-state index contributed by atoms with van der Waals surface area (Å²) in [6, 6.07) is 2.09. The van der Waals surface area contributed by atoms with Crippen molar-refractivity contribution in [1.29, 1.82) is 0 Å². The molecule has 0 bridgehead atoms. The maximum atomic E-state index is 4.37. The molecule has 1 atom stereocenters. The van der Waals surface area contributed by atoms with E-state index in [2.05, 4.69) is 30.3 Å². The zero-order valence-corrected chi connectivity index (χ0v) is 9.45. The Balaban J connectivity index is 2.23. The summed E-state index contributed by atoms with van der Waals surface area (Å²) in [7, 11) is 1.96. The van der Waals surface area contributed by atoms with Crippen molar-refractivity contribution < 1.29 is 0 Å². The molecule has 1 rings (SSSR count). The maximum Gasteiger partial charge on any atom is 0.0627 e. The van der Waals surface area contributed by atoms with E-state index in [1.807, 2.05) is 17.9 Å². The van der Waals surface area contributed by atoms with Crippen LogP contribution < -0.4 is 5.32 Å². The van der Waals surface area contributed by atoms with E-state index in [-0.39, 0.29) is 0 Å². The summed E-state index contributed by atoms with van der Waals surface area (Å²) in [5.74, 6) is 0.663. The topological polar surface area (TPSA) is 29.9 Å². The molecule has 0 saturated heterocycles. The van der Waals surface area contributed by atoms with Crippen LogP contribution in [-0.2, 0) is 13.5 Å². The molecule has 0 amide bonds. The van der Waals surface area contributed by atoms with Gasteiger partial charge in [0.2, 0.25) is 0 Å². The van der Waals surface area contributed by atoms with Gasteiger partial charge in [-0.1, -0.05) is 13.8 Å². The summed E-state index contributed by atoms with van der Waals surface area (Å²) in [5, 5.41) is 7.80. The van der Waals surface area contributed by atoms with Crippen LogP contribution in [0.25, 0.3) is 0 Å². The Labute approximate surface area is 86.5 Å². The van der Waals surface area contributed by atoms with Gasteiger partial charge in [0.15, 0.2) is 0 Å². The van der Waals surface area contributed by atoms with Crippen LogP contribution in [0.1, 0.15) is 26.0 Å².